The van der Waals surface area contributed by atoms with Crippen molar-refractivity contribution in [2.75, 3.05) is 13.2 Å². The van der Waals surface area contributed by atoms with Crippen LogP contribution in [0.2, 0.25) is 0 Å². The van der Waals surface area contributed by atoms with Crippen LogP contribution in [-0.4, -0.2) is 42.0 Å². The highest BCUT2D eigenvalue weighted by atomic mass is 16.6. The zero-order valence-electron chi connectivity index (χ0n) is 13.0. The average Bonchev–Trinajstić information content (AvgIpc) is 3.10. The number of hydrogen-bond donors (Lipinski definition) is 1. The lowest BCUT2D eigenvalue weighted by Gasteiger charge is -2.24. The summed E-state index contributed by atoms with van der Waals surface area (Å²) in [6.45, 7) is 2.36. The lowest BCUT2D eigenvalue weighted by atomic mass is 9.91. The smallest absolute Gasteiger partial charge is 0.416 e. The number of rotatable bonds is 4. The molecule has 2 saturated heterocycles. The van der Waals surface area contributed by atoms with Gasteiger partial charge in [0, 0.05) is 6.54 Å². The van der Waals surface area contributed by atoms with E-state index in [4.69, 9.17) is 4.74 Å². The largest absolute Gasteiger partial charge is 0.447 e. The Hall–Kier alpha value is -2.37. The van der Waals surface area contributed by atoms with E-state index in [-0.39, 0.29) is 36.9 Å². The Labute approximate surface area is 134 Å². The molecule has 3 amide bonds. The summed E-state index contributed by atoms with van der Waals surface area (Å²) in [5, 5.41) is 2.72. The Morgan fingerprint density at radius 3 is 2.74 bits per heavy atom. The van der Waals surface area contributed by atoms with Crippen LogP contribution in [0.4, 0.5) is 4.79 Å². The van der Waals surface area contributed by atoms with Crippen LogP contribution in [0.15, 0.2) is 30.3 Å². The second kappa shape index (κ2) is 6.40. The molecule has 0 spiro atoms. The fraction of sp³-hybridized carbons (Fsp3) is 0.471. The fourth-order valence-electron chi connectivity index (χ4n) is 3.34. The van der Waals surface area contributed by atoms with Crippen LogP contribution in [0.25, 0.3) is 0 Å². The summed E-state index contributed by atoms with van der Waals surface area (Å²) in [4.78, 5) is 37.8. The number of ether oxygens (including phenoxy) is 1. The number of benzene rings is 1. The van der Waals surface area contributed by atoms with Gasteiger partial charge in [-0.15, -0.1) is 0 Å². The van der Waals surface area contributed by atoms with Crippen LogP contribution in [-0.2, 0) is 20.7 Å². The first-order valence-corrected chi connectivity index (χ1v) is 7.93. The predicted molar refractivity (Wildman–Crippen MR) is 82.4 cm³/mol. The monoisotopic (exact) mass is 316 g/mol. The number of nitrogens with one attached hydrogen (secondary N) is 1. The maximum Gasteiger partial charge on any atom is 0.416 e. The molecule has 1 unspecified atom stereocenters. The molecule has 6 nitrogen and oxygen atoms in total. The summed E-state index contributed by atoms with van der Waals surface area (Å²) in [6.07, 6.45) is 0.530. The highest BCUT2D eigenvalue weighted by Gasteiger charge is 2.46. The molecule has 0 saturated carbocycles. The molecule has 3 rings (SSSR count). The molecule has 1 N–H and O–H groups in total. The SMILES string of the molecule is CC[C@@H]1C(=O)NCC1C(=O)N1C(=O)OC[C@H]1Cc1ccccc1. The first kappa shape index (κ1) is 15.5. The van der Waals surface area contributed by atoms with Gasteiger partial charge in [-0.1, -0.05) is 37.3 Å². The first-order valence-electron chi connectivity index (χ1n) is 7.93. The molecule has 6 heteroatoms. The summed E-state index contributed by atoms with van der Waals surface area (Å²) in [6, 6.07) is 9.37. The Balaban J connectivity index is 1.77. The second-order valence-corrected chi connectivity index (χ2v) is 6.00. The van der Waals surface area contributed by atoms with Gasteiger partial charge in [0.15, 0.2) is 0 Å². The lowest BCUT2D eigenvalue weighted by molar-refractivity contribution is -0.136. The van der Waals surface area contributed by atoms with Gasteiger partial charge in [0.1, 0.15) is 6.61 Å². The van der Waals surface area contributed by atoms with Crippen LogP contribution in [0.1, 0.15) is 18.9 Å². The standard InChI is InChI=1S/C17H20N2O4/c1-2-13-14(9-18-15(13)20)16(21)19-12(10-23-17(19)22)8-11-6-4-3-5-7-11/h3-7,12-14H,2,8-10H2,1H3,(H,18,20)/t12-,13+,14?/m1/s1. The molecule has 0 radical (unpaired) electrons. The summed E-state index contributed by atoms with van der Waals surface area (Å²) >= 11 is 0. The van der Waals surface area contributed by atoms with E-state index >= 15 is 0 Å². The van der Waals surface area contributed by atoms with E-state index in [0.717, 1.165) is 5.56 Å². The molecular formula is C17H20N2O4. The van der Waals surface area contributed by atoms with Gasteiger partial charge in [0.2, 0.25) is 11.8 Å². The quantitative estimate of drug-likeness (QED) is 0.910. The molecule has 1 aromatic rings. The van der Waals surface area contributed by atoms with Crippen molar-refractivity contribution in [1.82, 2.24) is 10.2 Å². The minimum atomic E-state index is -0.606. The van der Waals surface area contributed by atoms with Gasteiger partial charge in [-0.3, -0.25) is 9.59 Å². The summed E-state index contributed by atoms with van der Waals surface area (Å²) in [5.41, 5.74) is 1.04. The summed E-state index contributed by atoms with van der Waals surface area (Å²) in [5.74, 6) is -1.28. The maximum absolute atomic E-state index is 12.8. The number of nitrogens with zero attached hydrogens (tertiary/aromatic N) is 1. The molecule has 0 bridgehead atoms. The van der Waals surface area contributed by atoms with Gasteiger partial charge in [0.05, 0.1) is 17.9 Å². The zero-order chi connectivity index (χ0) is 16.4. The van der Waals surface area contributed by atoms with Gasteiger partial charge in [-0.25, -0.2) is 9.69 Å². The average molecular weight is 316 g/mol. The van der Waals surface area contributed by atoms with Crippen LogP contribution in [0.5, 0.6) is 0 Å². The second-order valence-electron chi connectivity index (χ2n) is 6.00. The first-order chi connectivity index (χ1) is 11.1. The van der Waals surface area contributed by atoms with Crippen molar-refractivity contribution in [1.29, 1.82) is 0 Å². The Morgan fingerprint density at radius 1 is 1.30 bits per heavy atom. The van der Waals surface area contributed by atoms with Gasteiger partial charge >= 0.3 is 6.09 Å². The number of hydrogen-bond acceptors (Lipinski definition) is 4. The van der Waals surface area contributed by atoms with Crippen molar-refractivity contribution in [3.63, 3.8) is 0 Å². The van der Waals surface area contributed by atoms with Gasteiger partial charge in [-0.05, 0) is 18.4 Å². The van der Waals surface area contributed by atoms with Crippen LogP contribution in [0.3, 0.4) is 0 Å². The van der Waals surface area contributed by atoms with E-state index in [1.165, 1.54) is 4.90 Å². The normalized spacial score (nSPS) is 27.0. The molecule has 2 aliphatic rings. The van der Waals surface area contributed by atoms with Crippen LogP contribution in [0, 0.1) is 11.8 Å². The molecule has 3 atom stereocenters. The van der Waals surface area contributed by atoms with E-state index in [2.05, 4.69) is 5.32 Å². The molecule has 23 heavy (non-hydrogen) atoms. The number of imide groups is 1. The van der Waals surface area contributed by atoms with E-state index < -0.39 is 12.0 Å². The Bertz CT molecular complexity index is 616. The topological polar surface area (TPSA) is 75.7 Å². The lowest BCUT2D eigenvalue weighted by Crippen LogP contribution is -2.45. The van der Waals surface area contributed by atoms with Gasteiger partial charge in [-0.2, -0.15) is 0 Å². The Kier molecular flexibility index (Phi) is 4.32. The summed E-state index contributed by atoms with van der Waals surface area (Å²) in [7, 11) is 0. The third kappa shape index (κ3) is 2.93. The molecule has 0 aromatic heterocycles. The van der Waals surface area contributed by atoms with Gasteiger partial charge < -0.3 is 10.1 Å². The van der Waals surface area contributed by atoms with E-state index in [1.807, 2.05) is 37.3 Å². The van der Waals surface area contributed by atoms with Crippen molar-refractivity contribution in [2.45, 2.75) is 25.8 Å². The zero-order valence-corrected chi connectivity index (χ0v) is 13.0. The van der Waals surface area contributed by atoms with E-state index in [9.17, 15) is 14.4 Å². The van der Waals surface area contributed by atoms with E-state index in [0.29, 0.717) is 12.8 Å². The van der Waals surface area contributed by atoms with Crippen molar-refractivity contribution in [3.8, 4) is 0 Å². The minimum Gasteiger partial charge on any atom is -0.447 e. The molecule has 2 aliphatic heterocycles. The molecule has 2 fully saturated rings. The molecule has 122 valence electrons. The highest BCUT2D eigenvalue weighted by molar-refractivity contribution is 5.98. The Morgan fingerprint density at radius 2 is 2.04 bits per heavy atom. The molecule has 2 heterocycles. The van der Waals surface area contributed by atoms with Crippen molar-refractivity contribution in [3.05, 3.63) is 35.9 Å². The third-order valence-electron chi connectivity index (χ3n) is 4.59. The van der Waals surface area contributed by atoms with Crippen LogP contribution >= 0.6 is 0 Å². The van der Waals surface area contributed by atoms with Crippen LogP contribution < -0.4 is 5.32 Å². The van der Waals surface area contributed by atoms with Crippen molar-refractivity contribution >= 4 is 17.9 Å². The van der Waals surface area contributed by atoms with Gasteiger partial charge in [0.25, 0.3) is 0 Å². The third-order valence-corrected chi connectivity index (χ3v) is 4.59. The fourth-order valence-corrected chi connectivity index (χ4v) is 3.34. The maximum atomic E-state index is 12.8. The van der Waals surface area contributed by atoms with Crippen molar-refractivity contribution in [2.24, 2.45) is 11.8 Å². The number of carbonyl (C=O) groups is 3. The van der Waals surface area contributed by atoms with Crippen molar-refractivity contribution < 1.29 is 19.1 Å². The molecular weight excluding hydrogens is 296 g/mol. The number of carbonyl (C=O) groups excluding carboxylic acids is 3. The number of cyclic esters (lactones) is 1. The number of amides is 3. The predicted octanol–water partition coefficient (Wildman–Crippen LogP) is 1.35. The summed E-state index contributed by atoms with van der Waals surface area (Å²) < 4.78 is 5.09. The van der Waals surface area contributed by atoms with E-state index in [1.54, 1.807) is 0 Å². The molecule has 0 aliphatic carbocycles. The molecule has 1 aromatic carbocycles. The minimum absolute atomic E-state index is 0.113. The highest BCUT2D eigenvalue weighted by Crippen LogP contribution is 2.27.